The van der Waals surface area contributed by atoms with Gasteiger partial charge in [0.25, 0.3) is 0 Å². The lowest BCUT2D eigenvalue weighted by Crippen LogP contribution is -2.13. The molecule has 0 aliphatic carbocycles. The Hall–Kier alpha value is -2.38. The van der Waals surface area contributed by atoms with Crippen LogP contribution in [0.4, 0.5) is 5.69 Å². The second kappa shape index (κ2) is 8.13. The molecular formula is C18H17N3O2S2. The minimum absolute atomic E-state index is 0.0918. The Balaban J connectivity index is 1.58. The zero-order valence-corrected chi connectivity index (χ0v) is 15.5. The number of nitrogens with zero attached hydrogens (tertiary/aromatic N) is 2. The molecule has 0 radical (unpaired) electrons. The SMILES string of the molecule is COc1cccc(NC(=O)CSc2nc(-c3ccccc3C)ns2)c1. The number of carbonyl (C=O) groups is 1. The number of nitrogens with one attached hydrogen (secondary N) is 1. The van der Waals surface area contributed by atoms with Crippen LogP contribution in [-0.2, 0) is 4.79 Å². The molecule has 7 heteroatoms. The fraction of sp³-hybridized carbons (Fsp3) is 0.167. The lowest BCUT2D eigenvalue weighted by atomic mass is 10.1. The zero-order chi connectivity index (χ0) is 17.6. The number of aromatic nitrogens is 2. The first-order chi connectivity index (χ1) is 12.2. The summed E-state index contributed by atoms with van der Waals surface area (Å²) in [6.07, 6.45) is 0. The van der Waals surface area contributed by atoms with E-state index in [1.165, 1.54) is 23.3 Å². The number of amides is 1. The highest BCUT2D eigenvalue weighted by Gasteiger charge is 2.11. The average Bonchev–Trinajstić information content (AvgIpc) is 3.09. The summed E-state index contributed by atoms with van der Waals surface area (Å²) in [5, 5.41) is 2.85. The second-order valence-electron chi connectivity index (χ2n) is 5.27. The molecule has 1 N–H and O–H groups in total. The Morgan fingerprint density at radius 2 is 2.08 bits per heavy atom. The number of benzene rings is 2. The van der Waals surface area contributed by atoms with Gasteiger partial charge in [-0.1, -0.05) is 42.1 Å². The van der Waals surface area contributed by atoms with Crippen LogP contribution in [0.5, 0.6) is 5.75 Å². The van der Waals surface area contributed by atoms with Gasteiger partial charge in [-0.05, 0) is 36.2 Å². The molecule has 0 bridgehead atoms. The third kappa shape index (κ3) is 4.58. The first-order valence-corrected chi connectivity index (χ1v) is 9.38. The van der Waals surface area contributed by atoms with Gasteiger partial charge in [-0.15, -0.1) is 0 Å². The Kier molecular flexibility index (Phi) is 5.67. The van der Waals surface area contributed by atoms with Crippen molar-refractivity contribution < 1.29 is 9.53 Å². The van der Waals surface area contributed by atoms with Gasteiger partial charge in [-0.3, -0.25) is 4.79 Å². The number of hydrogen-bond acceptors (Lipinski definition) is 6. The Morgan fingerprint density at radius 1 is 1.24 bits per heavy atom. The maximum atomic E-state index is 12.1. The van der Waals surface area contributed by atoms with Gasteiger partial charge in [-0.25, -0.2) is 4.98 Å². The molecule has 0 atom stereocenters. The topological polar surface area (TPSA) is 64.1 Å². The molecule has 1 heterocycles. The highest BCUT2D eigenvalue weighted by molar-refractivity contribution is 8.01. The van der Waals surface area contributed by atoms with Gasteiger partial charge in [0.15, 0.2) is 10.2 Å². The molecule has 0 saturated heterocycles. The Bertz CT molecular complexity index is 880. The smallest absolute Gasteiger partial charge is 0.234 e. The summed E-state index contributed by atoms with van der Waals surface area (Å²) < 4.78 is 10.3. The maximum Gasteiger partial charge on any atom is 0.234 e. The molecule has 1 aromatic heterocycles. The standard InChI is InChI=1S/C18H17N3O2S2/c1-12-6-3-4-9-15(12)17-20-18(25-21-17)24-11-16(22)19-13-7-5-8-14(10-13)23-2/h3-10H,11H2,1-2H3,(H,19,22). The van der Waals surface area contributed by atoms with E-state index in [9.17, 15) is 4.79 Å². The van der Waals surface area contributed by atoms with Crippen molar-refractivity contribution in [3.8, 4) is 17.1 Å². The molecule has 3 rings (SSSR count). The minimum atomic E-state index is -0.0918. The van der Waals surface area contributed by atoms with Crippen LogP contribution < -0.4 is 10.1 Å². The maximum absolute atomic E-state index is 12.1. The van der Waals surface area contributed by atoms with E-state index in [1.54, 1.807) is 13.2 Å². The van der Waals surface area contributed by atoms with Crippen LogP contribution >= 0.6 is 23.3 Å². The zero-order valence-electron chi connectivity index (χ0n) is 13.9. The lowest BCUT2D eigenvalue weighted by molar-refractivity contribution is -0.113. The van der Waals surface area contributed by atoms with Crippen molar-refractivity contribution in [3.63, 3.8) is 0 Å². The summed E-state index contributed by atoms with van der Waals surface area (Å²) in [5.41, 5.74) is 2.86. The molecule has 0 unspecified atom stereocenters. The van der Waals surface area contributed by atoms with Crippen molar-refractivity contribution >= 4 is 34.9 Å². The predicted octanol–water partition coefficient (Wildman–Crippen LogP) is 4.25. The van der Waals surface area contributed by atoms with Crippen LogP contribution in [0.25, 0.3) is 11.4 Å². The van der Waals surface area contributed by atoms with Crippen molar-refractivity contribution in [2.24, 2.45) is 0 Å². The van der Waals surface area contributed by atoms with Gasteiger partial charge in [0.05, 0.1) is 12.9 Å². The molecule has 0 saturated carbocycles. The van der Waals surface area contributed by atoms with Gasteiger partial charge < -0.3 is 10.1 Å². The Morgan fingerprint density at radius 3 is 2.88 bits per heavy atom. The van der Waals surface area contributed by atoms with Crippen molar-refractivity contribution in [3.05, 3.63) is 54.1 Å². The Labute approximate surface area is 154 Å². The highest BCUT2D eigenvalue weighted by Crippen LogP contribution is 2.27. The van der Waals surface area contributed by atoms with Crippen molar-refractivity contribution in [2.75, 3.05) is 18.2 Å². The predicted molar refractivity (Wildman–Crippen MR) is 102 cm³/mol. The number of hydrogen-bond donors (Lipinski definition) is 1. The summed E-state index contributed by atoms with van der Waals surface area (Å²) in [7, 11) is 1.60. The van der Waals surface area contributed by atoms with Crippen LogP contribution in [-0.4, -0.2) is 28.1 Å². The number of aryl methyl sites for hydroxylation is 1. The number of rotatable bonds is 6. The summed E-state index contributed by atoms with van der Waals surface area (Å²) in [6, 6.07) is 15.3. The monoisotopic (exact) mass is 371 g/mol. The normalized spacial score (nSPS) is 10.5. The number of thioether (sulfide) groups is 1. The quantitative estimate of drug-likeness (QED) is 0.656. The van der Waals surface area contributed by atoms with Gasteiger partial charge in [0, 0.05) is 17.3 Å². The third-order valence-corrected chi connectivity index (χ3v) is 5.31. The van der Waals surface area contributed by atoms with Crippen molar-refractivity contribution in [2.45, 2.75) is 11.3 Å². The number of carbonyl (C=O) groups excluding carboxylic acids is 1. The highest BCUT2D eigenvalue weighted by atomic mass is 32.2. The van der Waals surface area contributed by atoms with Crippen LogP contribution in [0, 0.1) is 6.92 Å². The van der Waals surface area contributed by atoms with E-state index < -0.39 is 0 Å². The van der Waals surface area contributed by atoms with E-state index in [-0.39, 0.29) is 11.7 Å². The fourth-order valence-electron chi connectivity index (χ4n) is 2.23. The number of anilines is 1. The summed E-state index contributed by atoms with van der Waals surface area (Å²) in [5.74, 6) is 1.60. The average molecular weight is 371 g/mol. The van der Waals surface area contributed by atoms with Crippen LogP contribution in [0.1, 0.15) is 5.56 Å². The first-order valence-electron chi connectivity index (χ1n) is 7.62. The molecule has 0 aliphatic heterocycles. The van der Waals surface area contributed by atoms with Crippen LogP contribution in [0.2, 0.25) is 0 Å². The number of ether oxygens (including phenoxy) is 1. The van der Waals surface area contributed by atoms with Gasteiger partial charge >= 0.3 is 0 Å². The van der Waals surface area contributed by atoms with E-state index >= 15 is 0 Å². The summed E-state index contributed by atoms with van der Waals surface area (Å²) in [6.45, 7) is 2.03. The largest absolute Gasteiger partial charge is 0.497 e. The first kappa shape index (κ1) is 17.4. The van der Waals surface area contributed by atoms with Crippen LogP contribution in [0.3, 0.4) is 0 Å². The van der Waals surface area contributed by atoms with Crippen molar-refractivity contribution in [1.82, 2.24) is 9.36 Å². The van der Waals surface area contributed by atoms with E-state index in [4.69, 9.17) is 4.74 Å². The molecule has 5 nitrogen and oxygen atoms in total. The summed E-state index contributed by atoms with van der Waals surface area (Å²) in [4.78, 5) is 16.6. The van der Waals surface area contributed by atoms with Crippen molar-refractivity contribution in [1.29, 1.82) is 0 Å². The van der Waals surface area contributed by atoms with E-state index in [0.717, 1.165) is 15.5 Å². The molecule has 0 spiro atoms. The molecule has 3 aromatic rings. The van der Waals surface area contributed by atoms with E-state index in [0.29, 0.717) is 17.3 Å². The molecule has 128 valence electrons. The van der Waals surface area contributed by atoms with Gasteiger partial charge in [0.1, 0.15) is 5.75 Å². The van der Waals surface area contributed by atoms with E-state index in [2.05, 4.69) is 14.7 Å². The van der Waals surface area contributed by atoms with Gasteiger partial charge in [-0.2, -0.15) is 4.37 Å². The molecule has 1 amide bonds. The molecular weight excluding hydrogens is 354 g/mol. The molecule has 2 aromatic carbocycles. The third-order valence-electron chi connectivity index (χ3n) is 3.47. The molecule has 0 fully saturated rings. The molecule has 25 heavy (non-hydrogen) atoms. The fourth-order valence-corrected chi connectivity index (χ4v) is 3.63. The minimum Gasteiger partial charge on any atom is -0.497 e. The number of methoxy groups -OCH3 is 1. The summed E-state index contributed by atoms with van der Waals surface area (Å²) >= 11 is 2.69. The van der Waals surface area contributed by atoms with Gasteiger partial charge in [0.2, 0.25) is 5.91 Å². The lowest BCUT2D eigenvalue weighted by Gasteiger charge is -2.06. The van der Waals surface area contributed by atoms with Crippen LogP contribution in [0.15, 0.2) is 52.9 Å². The second-order valence-corrected chi connectivity index (χ2v) is 7.24. The van der Waals surface area contributed by atoms with E-state index in [1.807, 2.05) is 49.4 Å². The molecule has 0 aliphatic rings.